The minimum absolute atomic E-state index is 0.0645. The highest BCUT2D eigenvalue weighted by Crippen LogP contribution is 2.15. The maximum Gasteiger partial charge on any atom is 0.330 e. The van der Waals surface area contributed by atoms with Gasteiger partial charge in [-0.3, -0.25) is 9.88 Å². The molecule has 0 saturated carbocycles. The standard InChI is InChI=1S/C24H30N2O4/c1-19(2)15-26-13-14-28-23(16-26)18-30-24(27)11-8-20-6-9-22(10-7-20)29-17-21-5-3-4-12-25-21/h3-12,19,23H,13-18H2,1-2H3/b11-8-/t23-/m0/s1. The number of rotatable bonds is 9. The van der Waals surface area contributed by atoms with Gasteiger partial charge in [-0.1, -0.05) is 32.0 Å². The summed E-state index contributed by atoms with van der Waals surface area (Å²) in [6.07, 6.45) is 4.86. The van der Waals surface area contributed by atoms with Crippen LogP contribution in [0.1, 0.15) is 25.1 Å². The van der Waals surface area contributed by atoms with Crippen molar-refractivity contribution in [3.8, 4) is 5.75 Å². The number of hydrogen-bond donors (Lipinski definition) is 0. The lowest BCUT2D eigenvalue weighted by Gasteiger charge is -2.33. The fourth-order valence-electron chi connectivity index (χ4n) is 3.27. The van der Waals surface area contributed by atoms with Gasteiger partial charge in [-0.15, -0.1) is 0 Å². The molecule has 0 radical (unpaired) electrons. The Balaban J connectivity index is 1.40. The zero-order valence-corrected chi connectivity index (χ0v) is 17.7. The molecule has 0 unspecified atom stereocenters. The Hall–Kier alpha value is -2.70. The van der Waals surface area contributed by atoms with E-state index in [-0.39, 0.29) is 18.7 Å². The molecule has 160 valence electrons. The molecule has 1 aromatic heterocycles. The summed E-state index contributed by atoms with van der Waals surface area (Å²) in [4.78, 5) is 18.6. The highest BCUT2D eigenvalue weighted by molar-refractivity contribution is 5.87. The molecule has 6 nitrogen and oxygen atoms in total. The summed E-state index contributed by atoms with van der Waals surface area (Å²) >= 11 is 0. The zero-order chi connectivity index (χ0) is 21.2. The van der Waals surface area contributed by atoms with E-state index < -0.39 is 0 Å². The van der Waals surface area contributed by atoms with Gasteiger partial charge in [-0.2, -0.15) is 0 Å². The largest absolute Gasteiger partial charge is 0.487 e. The second-order valence-electron chi connectivity index (χ2n) is 7.79. The average Bonchev–Trinajstić information content (AvgIpc) is 2.76. The monoisotopic (exact) mass is 410 g/mol. The number of morpholine rings is 1. The van der Waals surface area contributed by atoms with E-state index in [1.165, 1.54) is 6.08 Å². The number of benzene rings is 1. The minimum Gasteiger partial charge on any atom is -0.487 e. The maximum absolute atomic E-state index is 12.0. The number of hydrogen-bond acceptors (Lipinski definition) is 6. The summed E-state index contributed by atoms with van der Waals surface area (Å²) in [5.41, 5.74) is 1.77. The predicted molar refractivity (Wildman–Crippen MR) is 116 cm³/mol. The van der Waals surface area contributed by atoms with Crippen molar-refractivity contribution in [1.29, 1.82) is 0 Å². The van der Waals surface area contributed by atoms with Gasteiger partial charge in [0.15, 0.2) is 0 Å². The average molecular weight is 411 g/mol. The quantitative estimate of drug-likeness (QED) is 0.465. The number of nitrogens with zero attached hydrogens (tertiary/aromatic N) is 2. The highest BCUT2D eigenvalue weighted by Gasteiger charge is 2.21. The van der Waals surface area contributed by atoms with Gasteiger partial charge < -0.3 is 14.2 Å². The van der Waals surface area contributed by atoms with Crippen LogP contribution >= 0.6 is 0 Å². The number of carbonyl (C=O) groups excluding carboxylic acids is 1. The Morgan fingerprint density at radius 3 is 2.83 bits per heavy atom. The van der Waals surface area contributed by atoms with Gasteiger partial charge in [0.05, 0.1) is 12.3 Å². The number of ether oxygens (including phenoxy) is 3. The molecule has 1 atom stereocenters. The van der Waals surface area contributed by atoms with Crippen molar-refractivity contribution in [1.82, 2.24) is 9.88 Å². The molecule has 0 bridgehead atoms. The van der Waals surface area contributed by atoms with Gasteiger partial charge in [-0.05, 0) is 41.8 Å². The first-order valence-electron chi connectivity index (χ1n) is 10.4. The van der Waals surface area contributed by atoms with Crippen LogP contribution in [0.25, 0.3) is 6.08 Å². The van der Waals surface area contributed by atoms with E-state index >= 15 is 0 Å². The number of aromatic nitrogens is 1. The van der Waals surface area contributed by atoms with Crippen LogP contribution in [0.15, 0.2) is 54.7 Å². The third-order valence-corrected chi connectivity index (χ3v) is 4.66. The second-order valence-corrected chi connectivity index (χ2v) is 7.79. The van der Waals surface area contributed by atoms with Crippen LogP contribution in [0.5, 0.6) is 5.75 Å². The van der Waals surface area contributed by atoms with Crippen molar-refractivity contribution in [2.24, 2.45) is 5.92 Å². The van der Waals surface area contributed by atoms with Gasteiger partial charge in [0.1, 0.15) is 25.1 Å². The van der Waals surface area contributed by atoms with E-state index in [2.05, 4.69) is 23.7 Å². The van der Waals surface area contributed by atoms with Crippen LogP contribution in [0.3, 0.4) is 0 Å². The van der Waals surface area contributed by atoms with Crippen molar-refractivity contribution < 1.29 is 19.0 Å². The normalized spacial score (nSPS) is 17.4. The highest BCUT2D eigenvalue weighted by atomic mass is 16.6. The first-order valence-corrected chi connectivity index (χ1v) is 10.4. The van der Waals surface area contributed by atoms with E-state index in [1.54, 1.807) is 12.3 Å². The van der Waals surface area contributed by atoms with E-state index in [0.717, 1.165) is 36.6 Å². The molecular weight excluding hydrogens is 380 g/mol. The Labute approximate surface area is 178 Å². The molecule has 1 aliphatic rings. The van der Waals surface area contributed by atoms with Gasteiger partial charge in [-0.25, -0.2) is 4.79 Å². The fraction of sp³-hybridized carbons (Fsp3) is 0.417. The molecule has 30 heavy (non-hydrogen) atoms. The lowest BCUT2D eigenvalue weighted by Crippen LogP contribution is -2.45. The molecular formula is C24H30N2O4. The van der Waals surface area contributed by atoms with Crippen LogP contribution in [0.4, 0.5) is 0 Å². The smallest absolute Gasteiger partial charge is 0.330 e. The van der Waals surface area contributed by atoms with Gasteiger partial charge in [0.2, 0.25) is 0 Å². The second kappa shape index (κ2) is 11.5. The Morgan fingerprint density at radius 2 is 2.10 bits per heavy atom. The molecule has 1 saturated heterocycles. The number of carbonyl (C=O) groups is 1. The molecule has 6 heteroatoms. The van der Waals surface area contributed by atoms with Crippen molar-refractivity contribution in [2.75, 3.05) is 32.8 Å². The molecule has 2 heterocycles. The summed E-state index contributed by atoms with van der Waals surface area (Å²) in [5.74, 6) is 0.997. The molecule has 0 amide bonds. The number of pyridine rings is 1. The van der Waals surface area contributed by atoms with E-state index in [4.69, 9.17) is 14.2 Å². The summed E-state index contributed by atoms with van der Waals surface area (Å²) in [6.45, 7) is 8.55. The Kier molecular flexibility index (Phi) is 8.41. The molecule has 3 rings (SSSR count). The maximum atomic E-state index is 12.0. The molecule has 2 aromatic rings. The Bertz CT molecular complexity index is 806. The third kappa shape index (κ3) is 7.61. The summed E-state index contributed by atoms with van der Waals surface area (Å²) in [6, 6.07) is 13.3. The van der Waals surface area contributed by atoms with Gasteiger partial charge >= 0.3 is 5.97 Å². The lowest BCUT2D eigenvalue weighted by molar-refractivity contribution is -0.144. The van der Waals surface area contributed by atoms with Gasteiger partial charge in [0, 0.05) is 31.9 Å². The molecule has 0 N–H and O–H groups in total. The molecule has 1 aliphatic heterocycles. The topological polar surface area (TPSA) is 60.9 Å². The van der Waals surface area contributed by atoms with Gasteiger partial charge in [0.25, 0.3) is 0 Å². The Morgan fingerprint density at radius 1 is 1.27 bits per heavy atom. The minimum atomic E-state index is -0.366. The summed E-state index contributed by atoms with van der Waals surface area (Å²) in [7, 11) is 0. The van der Waals surface area contributed by atoms with Crippen LogP contribution in [0, 0.1) is 5.92 Å². The van der Waals surface area contributed by atoms with Crippen LogP contribution in [-0.2, 0) is 20.9 Å². The van der Waals surface area contributed by atoms with E-state index in [0.29, 0.717) is 19.1 Å². The van der Waals surface area contributed by atoms with Crippen molar-refractivity contribution >= 4 is 12.0 Å². The zero-order valence-electron chi connectivity index (χ0n) is 17.7. The number of esters is 1. The SMILES string of the molecule is CC(C)CN1CCO[C@H](COC(=O)/C=C\c2ccc(OCc3ccccn3)cc2)C1. The van der Waals surface area contributed by atoms with Crippen LogP contribution in [-0.4, -0.2) is 54.8 Å². The van der Waals surface area contributed by atoms with Crippen LogP contribution < -0.4 is 4.74 Å². The fourth-order valence-corrected chi connectivity index (χ4v) is 3.27. The van der Waals surface area contributed by atoms with Crippen LogP contribution in [0.2, 0.25) is 0 Å². The van der Waals surface area contributed by atoms with Crippen molar-refractivity contribution in [3.63, 3.8) is 0 Å². The molecule has 0 aliphatic carbocycles. The van der Waals surface area contributed by atoms with Crippen molar-refractivity contribution in [3.05, 3.63) is 66.0 Å². The van der Waals surface area contributed by atoms with Crippen molar-refractivity contribution in [2.45, 2.75) is 26.6 Å². The lowest BCUT2D eigenvalue weighted by atomic mass is 10.2. The summed E-state index contributed by atoms with van der Waals surface area (Å²) < 4.78 is 16.8. The molecule has 0 spiro atoms. The predicted octanol–water partition coefficient (Wildman–Crippen LogP) is 3.57. The summed E-state index contributed by atoms with van der Waals surface area (Å²) in [5, 5.41) is 0. The third-order valence-electron chi connectivity index (χ3n) is 4.66. The van der Waals surface area contributed by atoms with E-state index in [9.17, 15) is 4.79 Å². The molecule has 1 fully saturated rings. The molecule has 1 aromatic carbocycles. The first-order chi connectivity index (χ1) is 14.6. The first kappa shape index (κ1) is 22.0. The van der Waals surface area contributed by atoms with E-state index in [1.807, 2.05) is 42.5 Å².